The zero-order valence-electron chi connectivity index (χ0n) is 9.71. The lowest BCUT2D eigenvalue weighted by Gasteiger charge is -2.16. The van der Waals surface area contributed by atoms with Crippen molar-refractivity contribution < 1.29 is 0 Å². The normalized spacial score (nSPS) is 16.5. The molecule has 82 valence electrons. The minimum Gasteiger partial charge on any atom is -0.322 e. The van der Waals surface area contributed by atoms with E-state index in [9.17, 15) is 0 Å². The topological polar surface area (TPSA) is 17.8 Å². The Kier molecular flexibility index (Phi) is 2.79. The van der Waals surface area contributed by atoms with Gasteiger partial charge in [-0.2, -0.15) is 10.0 Å². The van der Waals surface area contributed by atoms with E-state index >= 15 is 0 Å². The summed E-state index contributed by atoms with van der Waals surface area (Å²) in [5.41, 5.74) is 1.10. The Morgan fingerprint density at radius 3 is 2.87 bits per heavy atom. The molecular formula is C12H18N2S. The number of aryl methyl sites for hydroxylation is 1. The zero-order valence-corrected chi connectivity index (χ0v) is 10.5. The van der Waals surface area contributed by atoms with Gasteiger partial charge in [-0.25, -0.2) is 4.98 Å². The van der Waals surface area contributed by atoms with E-state index in [4.69, 9.17) is 0 Å². The molecule has 3 heteroatoms. The summed E-state index contributed by atoms with van der Waals surface area (Å²) in [6, 6.07) is 0. The van der Waals surface area contributed by atoms with Crippen molar-refractivity contribution in [2.45, 2.75) is 25.8 Å². The minimum atomic E-state index is -0.729. The van der Waals surface area contributed by atoms with Crippen LogP contribution in [-0.4, -0.2) is 28.3 Å². The highest BCUT2D eigenvalue weighted by Gasteiger charge is 2.12. The molecule has 0 spiro atoms. The van der Waals surface area contributed by atoms with Crippen molar-refractivity contribution in [2.75, 3.05) is 18.8 Å². The molecule has 0 aliphatic carbocycles. The van der Waals surface area contributed by atoms with Gasteiger partial charge in [0.2, 0.25) is 0 Å². The first-order valence-corrected chi connectivity index (χ1v) is 8.17. The maximum Gasteiger partial charge on any atom is 0.113 e. The number of fused-ring (bicyclic) bond motifs is 1. The molecule has 1 aromatic rings. The highest BCUT2D eigenvalue weighted by atomic mass is 32.3. The Bertz CT molecular complexity index is 415. The van der Waals surface area contributed by atoms with Gasteiger partial charge in [0.25, 0.3) is 0 Å². The van der Waals surface area contributed by atoms with E-state index in [0.29, 0.717) is 0 Å². The Hall–Kier alpha value is -0.880. The van der Waals surface area contributed by atoms with Crippen molar-refractivity contribution in [1.29, 1.82) is 0 Å². The average Bonchev–Trinajstić information content (AvgIpc) is 2.57. The molecule has 0 saturated carbocycles. The van der Waals surface area contributed by atoms with Gasteiger partial charge in [-0.15, -0.1) is 0 Å². The Balaban J connectivity index is 2.29. The Labute approximate surface area is 93.4 Å². The summed E-state index contributed by atoms with van der Waals surface area (Å²) in [6.07, 6.45) is 12.2. The highest BCUT2D eigenvalue weighted by Crippen LogP contribution is 2.32. The van der Waals surface area contributed by atoms with Gasteiger partial charge in [0.05, 0.1) is 6.20 Å². The predicted octanol–water partition coefficient (Wildman–Crippen LogP) is 2.22. The van der Waals surface area contributed by atoms with Gasteiger partial charge in [0, 0.05) is 13.0 Å². The van der Waals surface area contributed by atoms with Crippen LogP contribution in [0.3, 0.4) is 0 Å². The van der Waals surface area contributed by atoms with E-state index in [-0.39, 0.29) is 0 Å². The molecule has 0 bridgehead atoms. The third-order valence-corrected chi connectivity index (χ3v) is 3.17. The molecule has 0 atom stereocenters. The van der Waals surface area contributed by atoms with Crippen LogP contribution in [0.5, 0.6) is 0 Å². The van der Waals surface area contributed by atoms with Crippen LogP contribution in [0.1, 0.15) is 24.4 Å². The molecule has 1 aromatic heterocycles. The molecule has 1 aliphatic heterocycles. The molecule has 0 saturated heterocycles. The van der Waals surface area contributed by atoms with Gasteiger partial charge >= 0.3 is 0 Å². The predicted molar refractivity (Wildman–Crippen MR) is 67.4 cm³/mol. The van der Waals surface area contributed by atoms with Crippen LogP contribution in [0.2, 0.25) is 0 Å². The van der Waals surface area contributed by atoms with E-state index in [2.05, 4.69) is 39.5 Å². The molecule has 15 heavy (non-hydrogen) atoms. The first kappa shape index (κ1) is 10.6. The van der Waals surface area contributed by atoms with Crippen molar-refractivity contribution in [3.05, 3.63) is 17.7 Å². The van der Waals surface area contributed by atoms with Crippen LogP contribution < -0.4 is 0 Å². The second-order valence-corrected chi connectivity index (χ2v) is 8.61. The fourth-order valence-corrected chi connectivity index (χ4v) is 2.13. The van der Waals surface area contributed by atoms with E-state index in [1.807, 2.05) is 6.20 Å². The van der Waals surface area contributed by atoms with Crippen LogP contribution in [0, 0.1) is 11.2 Å². The second kappa shape index (κ2) is 3.94. The summed E-state index contributed by atoms with van der Waals surface area (Å²) in [7, 11) is -0.729. The number of hydrogen-bond donors (Lipinski definition) is 0. The summed E-state index contributed by atoms with van der Waals surface area (Å²) >= 11 is 0. The fourth-order valence-electron chi connectivity index (χ4n) is 1.72. The summed E-state index contributed by atoms with van der Waals surface area (Å²) in [6.45, 7) is 1.10. The molecule has 0 N–H and O–H groups in total. The molecule has 0 aromatic carbocycles. The van der Waals surface area contributed by atoms with Crippen LogP contribution in [0.25, 0.3) is 0 Å². The summed E-state index contributed by atoms with van der Waals surface area (Å²) in [5, 5.41) is 3.35. The van der Waals surface area contributed by atoms with Crippen molar-refractivity contribution in [3.63, 3.8) is 0 Å². The quantitative estimate of drug-likeness (QED) is 0.615. The number of imidazole rings is 1. The van der Waals surface area contributed by atoms with Crippen LogP contribution in [-0.2, 0) is 13.0 Å². The number of aromatic nitrogens is 2. The summed E-state index contributed by atoms with van der Waals surface area (Å²) in [5.74, 6) is 4.50. The molecule has 2 nitrogen and oxygen atoms in total. The molecule has 0 amide bonds. The molecule has 2 heterocycles. The first-order valence-electron chi connectivity index (χ1n) is 5.32. The van der Waals surface area contributed by atoms with Crippen LogP contribution in [0.15, 0.2) is 6.20 Å². The summed E-state index contributed by atoms with van der Waals surface area (Å²) in [4.78, 5) is 4.43. The van der Waals surface area contributed by atoms with Gasteiger partial charge in [-0.05, 0) is 42.8 Å². The van der Waals surface area contributed by atoms with E-state index in [1.165, 1.54) is 18.7 Å². The molecule has 0 fully saturated rings. The lowest BCUT2D eigenvalue weighted by molar-refractivity contribution is 0.519. The molecular weight excluding hydrogens is 204 g/mol. The molecule has 2 rings (SSSR count). The Morgan fingerprint density at radius 1 is 1.33 bits per heavy atom. The van der Waals surface area contributed by atoms with Gasteiger partial charge in [-0.1, -0.05) is 0 Å². The van der Waals surface area contributed by atoms with Gasteiger partial charge in [0.15, 0.2) is 0 Å². The van der Waals surface area contributed by atoms with E-state index in [0.717, 1.165) is 18.7 Å². The first-order chi connectivity index (χ1) is 7.06. The summed E-state index contributed by atoms with van der Waals surface area (Å²) < 4.78 is 2.28. The number of nitrogens with zero attached hydrogens (tertiary/aromatic N) is 2. The SMILES string of the molecule is CS(C)(C)C#Cc1cnc2n1CCCC2. The average molecular weight is 222 g/mol. The lowest BCUT2D eigenvalue weighted by atomic mass is 10.2. The maximum atomic E-state index is 4.43. The standard InChI is InChI=1S/C12H18N2S/c1-15(2,3)9-7-11-10-13-12-6-4-5-8-14(11)12/h10H,4-6,8H2,1-3H3. The second-order valence-electron chi connectivity index (χ2n) is 4.73. The van der Waals surface area contributed by atoms with E-state index < -0.39 is 10.0 Å². The largest absolute Gasteiger partial charge is 0.322 e. The van der Waals surface area contributed by atoms with Crippen molar-refractivity contribution in [2.24, 2.45) is 0 Å². The van der Waals surface area contributed by atoms with Crippen molar-refractivity contribution in [1.82, 2.24) is 9.55 Å². The minimum absolute atomic E-state index is 0.729. The third-order valence-electron chi connectivity index (χ3n) is 2.46. The van der Waals surface area contributed by atoms with Crippen molar-refractivity contribution >= 4 is 10.0 Å². The fraction of sp³-hybridized carbons (Fsp3) is 0.583. The van der Waals surface area contributed by atoms with Crippen LogP contribution in [0.4, 0.5) is 0 Å². The van der Waals surface area contributed by atoms with Gasteiger partial charge in [0.1, 0.15) is 11.5 Å². The van der Waals surface area contributed by atoms with Gasteiger partial charge < -0.3 is 4.57 Å². The monoisotopic (exact) mass is 222 g/mol. The maximum absolute atomic E-state index is 4.43. The lowest BCUT2D eigenvalue weighted by Crippen LogP contribution is -2.11. The third kappa shape index (κ3) is 2.57. The Morgan fingerprint density at radius 2 is 2.13 bits per heavy atom. The highest BCUT2D eigenvalue weighted by molar-refractivity contribution is 8.35. The smallest absolute Gasteiger partial charge is 0.113 e. The van der Waals surface area contributed by atoms with Crippen LogP contribution >= 0.6 is 10.0 Å². The van der Waals surface area contributed by atoms with Gasteiger partial charge in [-0.3, -0.25) is 0 Å². The van der Waals surface area contributed by atoms with E-state index in [1.54, 1.807) is 0 Å². The molecule has 1 aliphatic rings. The number of rotatable bonds is 0. The number of hydrogen-bond acceptors (Lipinski definition) is 1. The molecule has 0 unspecified atom stereocenters. The zero-order chi connectivity index (χ0) is 10.9. The molecule has 0 radical (unpaired) electrons. The van der Waals surface area contributed by atoms with Crippen molar-refractivity contribution in [3.8, 4) is 11.2 Å².